The van der Waals surface area contributed by atoms with Crippen LogP contribution in [0.2, 0.25) is 0 Å². The third-order valence-corrected chi connectivity index (χ3v) is 1.90. The molecule has 4 nitrogen and oxygen atoms in total. The summed E-state index contributed by atoms with van der Waals surface area (Å²) in [5, 5.41) is 0. The van der Waals surface area contributed by atoms with Crippen molar-refractivity contribution in [2.75, 3.05) is 40.1 Å². The second-order valence-electron chi connectivity index (χ2n) is 3.03. The van der Waals surface area contributed by atoms with Gasteiger partial charge in [-0.3, -0.25) is 0 Å². The van der Waals surface area contributed by atoms with Crippen LogP contribution in [0.1, 0.15) is 6.92 Å². The highest BCUT2D eigenvalue weighted by Gasteiger charge is 2.21. The van der Waals surface area contributed by atoms with Gasteiger partial charge in [-0.25, -0.2) is 0 Å². The number of hydrogen-bond acceptors (Lipinski definition) is 4. The first kappa shape index (κ1) is 10.9. The summed E-state index contributed by atoms with van der Waals surface area (Å²) in [6, 6.07) is 0. The molecule has 0 aromatic rings. The first-order chi connectivity index (χ1) is 6.36. The lowest BCUT2D eigenvalue weighted by molar-refractivity contribution is -0.163. The van der Waals surface area contributed by atoms with E-state index in [0.717, 1.165) is 6.61 Å². The van der Waals surface area contributed by atoms with E-state index in [0.29, 0.717) is 26.4 Å². The molecule has 1 heterocycles. The minimum Gasteiger partial charge on any atom is -0.382 e. The molecule has 1 aliphatic heterocycles. The molecule has 0 radical (unpaired) electrons. The number of hydrogen-bond donors (Lipinski definition) is 0. The summed E-state index contributed by atoms with van der Waals surface area (Å²) in [5.74, 6) is 0. The van der Waals surface area contributed by atoms with Crippen LogP contribution < -0.4 is 0 Å². The molecule has 0 saturated carbocycles. The summed E-state index contributed by atoms with van der Waals surface area (Å²) >= 11 is 0. The Morgan fingerprint density at radius 3 is 2.23 bits per heavy atom. The van der Waals surface area contributed by atoms with E-state index in [2.05, 4.69) is 0 Å². The van der Waals surface area contributed by atoms with Crippen LogP contribution in [0.3, 0.4) is 0 Å². The predicted molar refractivity (Wildman–Crippen MR) is 47.8 cm³/mol. The van der Waals surface area contributed by atoms with Crippen molar-refractivity contribution in [2.45, 2.75) is 19.1 Å². The van der Waals surface area contributed by atoms with Gasteiger partial charge in [-0.05, 0) is 6.92 Å². The van der Waals surface area contributed by atoms with Crippen LogP contribution in [0.5, 0.6) is 0 Å². The summed E-state index contributed by atoms with van der Waals surface area (Å²) in [6.07, 6.45) is 0.177. The molecule has 2 unspecified atom stereocenters. The molecule has 0 bridgehead atoms. The molecule has 1 saturated heterocycles. The van der Waals surface area contributed by atoms with Gasteiger partial charge in [0, 0.05) is 13.7 Å². The van der Waals surface area contributed by atoms with Crippen LogP contribution in [-0.2, 0) is 18.9 Å². The zero-order chi connectivity index (χ0) is 9.52. The third kappa shape index (κ3) is 4.04. The number of methoxy groups -OCH3 is 1. The first-order valence-electron chi connectivity index (χ1n) is 4.66. The van der Waals surface area contributed by atoms with Crippen LogP contribution in [-0.4, -0.2) is 52.4 Å². The van der Waals surface area contributed by atoms with Gasteiger partial charge >= 0.3 is 0 Å². The molecular formula is C9H18O4. The Hall–Kier alpha value is -0.160. The largest absolute Gasteiger partial charge is 0.382 e. The van der Waals surface area contributed by atoms with Gasteiger partial charge in [-0.1, -0.05) is 0 Å². The Morgan fingerprint density at radius 1 is 1.15 bits per heavy atom. The molecule has 1 rings (SSSR count). The molecule has 78 valence electrons. The molecule has 0 aromatic carbocycles. The molecule has 13 heavy (non-hydrogen) atoms. The summed E-state index contributed by atoms with van der Waals surface area (Å²) in [6.45, 7) is 5.12. The minimum atomic E-state index is 0.0860. The molecule has 0 aromatic heterocycles. The van der Waals surface area contributed by atoms with Gasteiger partial charge in [-0.2, -0.15) is 0 Å². The van der Waals surface area contributed by atoms with Crippen molar-refractivity contribution in [1.82, 2.24) is 0 Å². The maximum absolute atomic E-state index is 5.52. The molecular weight excluding hydrogens is 172 g/mol. The van der Waals surface area contributed by atoms with E-state index in [-0.39, 0.29) is 12.2 Å². The average Bonchev–Trinajstić information content (AvgIpc) is 2.17. The monoisotopic (exact) mass is 190 g/mol. The van der Waals surface area contributed by atoms with E-state index in [4.69, 9.17) is 18.9 Å². The smallest absolute Gasteiger partial charge is 0.104 e. The van der Waals surface area contributed by atoms with Crippen molar-refractivity contribution in [3.63, 3.8) is 0 Å². The lowest BCUT2D eigenvalue weighted by Crippen LogP contribution is -2.40. The zero-order valence-electron chi connectivity index (χ0n) is 8.32. The summed E-state index contributed by atoms with van der Waals surface area (Å²) < 4.78 is 21.2. The summed E-state index contributed by atoms with van der Waals surface area (Å²) in [7, 11) is 1.66. The molecule has 2 atom stereocenters. The Labute approximate surface area is 79.1 Å². The van der Waals surface area contributed by atoms with Gasteiger partial charge in [-0.15, -0.1) is 0 Å². The SMILES string of the molecule is CCOCC1COC(COC)CO1. The minimum absolute atomic E-state index is 0.0860. The molecule has 0 aliphatic carbocycles. The van der Waals surface area contributed by atoms with E-state index in [9.17, 15) is 0 Å². The molecule has 1 fully saturated rings. The van der Waals surface area contributed by atoms with Crippen molar-refractivity contribution >= 4 is 0 Å². The quantitative estimate of drug-likeness (QED) is 0.631. The van der Waals surface area contributed by atoms with Gasteiger partial charge in [0.2, 0.25) is 0 Å². The zero-order valence-corrected chi connectivity index (χ0v) is 8.32. The highest BCUT2D eigenvalue weighted by atomic mass is 16.6. The topological polar surface area (TPSA) is 36.9 Å². The van der Waals surface area contributed by atoms with Crippen molar-refractivity contribution in [3.8, 4) is 0 Å². The Morgan fingerprint density at radius 2 is 1.77 bits per heavy atom. The Kier molecular flexibility index (Phi) is 5.31. The highest BCUT2D eigenvalue weighted by Crippen LogP contribution is 2.07. The van der Waals surface area contributed by atoms with Crippen molar-refractivity contribution in [2.24, 2.45) is 0 Å². The Bertz CT molecular complexity index is 121. The van der Waals surface area contributed by atoms with Gasteiger partial charge in [0.25, 0.3) is 0 Å². The molecule has 0 N–H and O–H groups in total. The van der Waals surface area contributed by atoms with Crippen LogP contribution in [0, 0.1) is 0 Å². The fourth-order valence-electron chi connectivity index (χ4n) is 1.21. The lowest BCUT2D eigenvalue weighted by atomic mass is 10.3. The van der Waals surface area contributed by atoms with Crippen LogP contribution >= 0.6 is 0 Å². The van der Waals surface area contributed by atoms with Crippen molar-refractivity contribution in [1.29, 1.82) is 0 Å². The van der Waals surface area contributed by atoms with Gasteiger partial charge in [0.15, 0.2) is 0 Å². The third-order valence-electron chi connectivity index (χ3n) is 1.90. The number of ether oxygens (including phenoxy) is 4. The van der Waals surface area contributed by atoms with Crippen molar-refractivity contribution in [3.05, 3.63) is 0 Å². The molecule has 1 aliphatic rings. The maximum atomic E-state index is 5.52. The van der Waals surface area contributed by atoms with E-state index < -0.39 is 0 Å². The van der Waals surface area contributed by atoms with E-state index in [1.807, 2.05) is 6.92 Å². The van der Waals surface area contributed by atoms with Gasteiger partial charge in [0.05, 0.1) is 26.4 Å². The molecule has 0 spiro atoms. The van der Waals surface area contributed by atoms with E-state index in [1.54, 1.807) is 7.11 Å². The second-order valence-corrected chi connectivity index (χ2v) is 3.03. The maximum Gasteiger partial charge on any atom is 0.104 e. The standard InChI is InChI=1S/C9H18O4/c1-3-11-5-9-7-12-8(4-10-2)6-13-9/h8-9H,3-7H2,1-2H3. The summed E-state index contributed by atoms with van der Waals surface area (Å²) in [4.78, 5) is 0. The second kappa shape index (κ2) is 6.32. The lowest BCUT2D eigenvalue weighted by Gasteiger charge is -2.28. The van der Waals surface area contributed by atoms with Crippen LogP contribution in [0.15, 0.2) is 0 Å². The van der Waals surface area contributed by atoms with Crippen LogP contribution in [0.4, 0.5) is 0 Å². The Balaban J connectivity index is 2.08. The molecule has 0 amide bonds. The van der Waals surface area contributed by atoms with Gasteiger partial charge in [0.1, 0.15) is 12.2 Å². The predicted octanol–water partition coefficient (Wildman–Crippen LogP) is 0.453. The van der Waals surface area contributed by atoms with E-state index >= 15 is 0 Å². The van der Waals surface area contributed by atoms with Crippen LogP contribution in [0.25, 0.3) is 0 Å². The fourth-order valence-corrected chi connectivity index (χ4v) is 1.21. The van der Waals surface area contributed by atoms with Gasteiger partial charge < -0.3 is 18.9 Å². The summed E-state index contributed by atoms with van der Waals surface area (Å²) in [5.41, 5.74) is 0. The average molecular weight is 190 g/mol. The fraction of sp³-hybridized carbons (Fsp3) is 1.00. The number of rotatable bonds is 5. The van der Waals surface area contributed by atoms with E-state index in [1.165, 1.54) is 0 Å². The first-order valence-corrected chi connectivity index (χ1v) is 4.66. The van der Waals surface area contributed by atoms with Crippen molar-refractivity contribution < 1.29 is 18.9 Å². The normalized spacial score (nSPS) is 29.1. The molecule has 4 heteroatoms. The highest BCUT2D eigenvalue weighted by molar-refractivity contribution is 4.66.